The average Bonchev–Trinajstić information content (AvgIpc) is 2.87. The Hall–Kier alpha value is -2.12. The molecule has 1 fully saturated rings. The molecule has 0 unspecified atom stereocenters. The Morgan fingerprint density at radius 3 is 2.76 bits per heavy atom. The smallest absolute Gasteiger partial charge is 0.366 e. The van der Waals surface area contributed by atoms with Gasteiger partial charge in [-0.15, -0.1) is 5.10 Å². The maximum absolute atomic E-state index is 11.3. The maximum atomic E-state index is 11.3. The predicted octanol–water partition coefficient (Wildman–Crippen LogP) is 1.13. The van der Waals surface area contributed by atoms with Crippen molar-refractivity contribution in [3.8, 4) is 0 Å². The summed E-state index contributed by atoms with van der Waals surface area (Å²) in [4.78, 5) is 21.3. The van der Waals surface area contributed by atoms with Gasteiger partial charge in [-0.3, -0.25) is 0 Å². The lowest BCUT2D eigenvalue weighted by atomic mass is 9.97. The first-order chi connectivity index (χ1) is 8.05. The molecule has 0 aliphatic heterocycles. The van der Waals surface area contributed by atoms with Crippen LogP contribution < -0.4 is 5.32 Å². The number of nitrogens with one attached hydrogen (secondary N) is 2. The topological polar surface area (TPSA) is 121 Å². The first-order valence-electron chi connectivity index (χ1n) is 5.24. The van der Waals surface area contributed by atoms with Crippen molar-refractivity contribution in [2.75, 3.05) is 5.32 Å². The number of aromatic nitrogens is 2. The minimum absolute atomic E-state index is 0.124. The molecule has 1 aromatic rings. The van der Waals surface area contributed by atoms with E-state index in [4.69, 9.17) is 0 Å². The number of H-pyrrole nitrogens is 1. The summed E-state index contributed by atoms with van der Waals surface area (Å²) in [6, 6.07) is 0. The third-order valence-electron chi connectivity index (χ3n) is 3.04. The number of nitrogens with zero attached hydrogens (tertiary/aromatic N) is 2. The molecule has 17 heavy (non-hydrogen) atoms. The molecule has 0 spiro atoms. The largest absolute Gasteiger partial charge is 0.480 e. The molecular formula is C9H12N4O4. The molecule has 0 radical (unpaired) electrons. The van der Waals surface area contributed by atoms with Gasteiger partial charge in [-0.1, -0.05) is 17.9 Å². The van der Waals surface area contributed by atoms with Crippen LogP contribution in [0.1, 0.15) is 25.7 Å². The van der Waals surface area contributed by atoms with Crippen LogP contribution in [-0.2, 0) is 4.79 Å². The Kier molecular flexibility index (Phi) is 2.70. The van der Waals surface area contributed by atoms with Gasteiger partial charge in [0, 0.05) is 0 Å². The standard InChI is InChI=1S/C9H12N4O4/c14-8(15)9(3-1-2-4-9)11-6-5-10-12-7(6)13(16)17/h5,11H,1-4H2,(H,10,12)(H,14,15). The highest BCUT2D eigenvalue weighted by atomic mass is 16.6. The Morgan fingerprint density at radius 2 is 2.24 bits per heavy atom. The van der Waals surface area contributed by atoms with Crippen LogP contribution in [0, 0.1) is 10.1 Å². The lowest BCUT2D eigenvalue weighted by molar-refractivity contribution is -0.388. The number of aromatic amines is 1. The molecule has 0 amide bonds. The van der Waals surface area contributed by atoms with Gasteiger partial charge in [0.2, 0.25) is 0 Å². The molecule has 1 aromatic heterocycles. The minimum atomic E-state index is -1.10. The van der Waals surface area contributed by atoms with E-state index in [0.717, 1.165) is 12.8 Å². The number of rotatable bonds is 4. The Balaban J connectivity index is 2.27. The highest BCUT2D eigenvalue weighted by Crippen LogP contribution is 2.35. The van der Waals surface area contributed by atoms with Crippen molar-refractivity contribution in [2.24, 2.45) is 0 Å². The van der Waals surface area contributed by atoms with Crippen molar-refractivity contribution in [1.29, 1.82) is 0 Å². The summed E-state index contributed by atoms with van der Waals surface area (Å²) in [6.07, 6.45) is 3.76. The maximum Gasteiger partial charge on any atom is 0.366 e. The first-order valence-corrected chi connectivity index (χ1v) is 5.24. The van der Waals surface area contributed by atoms with Gasteiger partial charge in [0.1, 0.15) is 11.7 Å². The highest BCUT2D eigenvalue weighted by molar-refractivity contribution is 5.84. The number of hydrogen-bond donors (Lipinski definition) is 3. The summed E-state index contributed by atoms with van der Waals surface area (Å²) in [7, 11) is 0. The zero-order valence-corrected chi connectivity index (χ0v) is 8.97. The van der Waals surface area contributed by atoms with Crippen molar-refractivity contribution in [3.05, 3.63) is 16.3 Å². The highest BCUT2D eigenvalue weighted by Gasteiger charge is 2.42. The molecule has 1 aliphatic carbocycles. The van der Waals surface area contributed by atoms with E-state index in [1.165, 1.54) is 6.20 Å². The van der Waals surface area contributed by atoms with Gasteiger partial charge in [-0.2, -0.15) is 0 Å². The molecule has 1 saturated carbocycles. The van der Waals surface area contributed by atoms with Gasteiger partial charge in [0.05, 0.1) is 0 Å². The van der Waals surface area contributed by atoms with E-state index in [9.17, 15) is 20.0 Å². The fraction of sp³-hybridized carbons (Fsp3) is 0.556. The van der Waals surface area contributed by atoms with Crippen molar-refractivity contribution >= 4 is 17.5 Å². The molecule has 1 aliphatic rings. The molecule has 92 valence electrons. The second-order valence-electron chi connectivity index (χ2n) is 4.11. The Labute approximate surface area is 96.2 Å². The summed E-state index contributed by atoms with van der Waals surface area (Å²) < 4.78 is 0. The summed E-state index contributed by atoms with van der Waals surface area (Å²) >= 11 is 0. The molecule has 8 nitrogen and oxygen atoms in total. The summed E-state index contributed by atoms with van der Waals surface area (Å²) in [5.41, 5.74) is -0.978. The lowest BCUT2D eigenvalue weighted by Gasteiger charge is -2.25. The quantitative estimate of drug-likeness (QED) is 0.535. The normalized spacial score (nSPS) is 17.9. The molecule has 0 bridgehead atoms. The zero-order valence-electron chi connectivity index (χ0n) is 8.97. The van der Waals surface area contributed by atoms with Crippen molar-refractivity contribution in [3.63, 3.8) is 0 Å². The second-order valence-corrected chi connectivity index (χ2v) is 4.11. The number of hydrogen-bond acceptors (Lipinski definition) is 5. The van der Waals surface area contributed by atoms with Crippen LogP contribution in [-0.4, -0.2) is 31.7 Å². The summed E-state index contributed by atoms with van der Waals surface area (Å²) in [5.74, 6) is -1.29. The van der Waals surface area contributed by atoms with Crippen molar-refractivity contribution < 1.29 is 14.8 Å². The van der Waals surface area contributed by atoms with Crippen LogP contribution in [0.25, 0.3) is 0 Å². The van der Waals surface area contributed by atoms with Crippen LogP contribution in [0.15, 0.2) is 6.20 Å². The van der Waals surface area contributed by atoms with E-state index in [1.54, 1.807) is 0 Å². The fourth-order valence-electron chi connectivity index (χ4n) is 2.14. The Bertz CT molecular complexity index is 450. The number of carboxylic acid groups (broad SMARTS) is 1. The number of anilines is 1. The molecule has 1 heterocycles. The van der Waals surface area contributed by atoms with Gasteiger partial charge in [0.15, 0.2) is 5.69 Å². The molecule has 0 atom stereocenters. The molecule has 0 aromatic carbocycles. The van der Waals surface area contributed by atoms with Crippen molar-refractivity contribution in [1.82, 2.24) is 10.2 Å². The van der Waals surface area contributed by atoms with E-state index in [2.05, 4.69) is 15.5 Å². The van der Waals surface area contributed by atoms with Crippen LogP contribution >= 0.6 is 0 Å². The molecule has 0 saturated heterocycles. The van der Waals surface area contributed by atoms with Gasteiger partial charge < -0.3 is 20.5 Å². The molecule has 2 rings (SSSR count). The van der Waals surface area contributed by atoms with Crippen LogP contribution in [0.4, 0.5) is 11.5 Å². The average molecular weight is 240 g/mol. The monoisotopic (exact) mass is 240 g/mol. The third-order valence-corrected chi connectivity index (χ3v) is 3.04. The van der Waals surface area contributed by atoms with Crippen LogP contribution in [0.3, 0.4) is 0 Å². The first kappa shape index (κ1) is 11.4. The molecule has 8 heteroatoms. The molecular weight excluding hydrogens is 228 g/mol. The second kappa shape index (κ2) is 4.04. The zero-order chi connectivity index (χ0) is 12.5. The number of nitro groups is 1. The predicted molar refractivity (Wildman–Crippen MR) is 57.7 cm³/mol. The molecule has 3 N–H and O–H groups in total. The van der Waals surface area contributed by atoms with E-state index in [1.807, 2.05) is 0 Å². The number of aliphatic carboxylic acids is 1. The van der Waals surface area contributed by atoms with Crippen molar-refractivity contribution in [2.45, 2.75) is 31.2 Å². The summed E-state index contributed by atoms with van der Waals surface area (Å²) in [6.45, 7) is 0. The van der Waals surface area contributed by atoms with E-state index in [0.29, 0.717) is 12.8 Å². The van der Waals surface area contributed by atoms with Gasteiger partial charge in [-0.25, -0.2) is 4.79 Å². The minimum Gasteiger partial charge on any atom is -0.480 e. The van der Waals surface area contributed by atoms with Gasteiger partial charge in [-0.05, 0) is 17.8 Å². The lowest BCUT2D eigenvalue weighted by Crippen LogP contribution is -2.43. The fourth-order valence-corrected chi connectivity index (χ4v) is 2.14. The third kappa shape index (κ3) is 1.93. The van der Waals surface area contributed by atoms with Crippen LogP contribution in [0.2, 0.25) is 0 Å². The SMILES string of the molecule is O=C(O)C1(Nc2cn[nH]c2[N+](=O)[O-])CCCC1. The Morgan fingerprint density at radius 1 is 1.59 bits per heavy atom. The summed E-state index contributed by atoms with van der Waals surface area (Å²) in [5, 5.41) is 28.4. The number of carbonyl (C=O) groups is 1. The van der Waals surface area contributed by atoms with Crippen LogP contribution in [0.5, 0.6) is 0 Å². The van der Waals surface area contributed by atoms with E-state index in [-0.39, 0.29) is 11.5 Å². The van der Waals surface area contributed by atoms with Gasteiger partial charge >= 0.3 is 11.8 Å². The van der Waals surface area contributed by atoms with E-state index < -0.39 is 16.4 Å². The van der Waals surface area contributed by atoms with Gasteiger partial charge in [0.25, 0.3) is 0 Å². The van der Waals surface area contributed by atoms with E-state index >= 15 is 0 Å². The number of carboxylic acids is 1.